The minimum absolute atomic E-state index is 0.0380. The topological polar surface area (TPSA) is 40.6 Å². The second-order valence-corrected chi connectivity index (χ2v) is 7.86. The number of aryl methyl sites for hydroxylation is 1. The van der Waals surface area contributed by atoms with E-state index in [9.17, 15) is 9.59 Å². The molecular formula is C18H25ClN2O2. The lowest BCUT2D eigenvalue weighted by atomic mass is 9.91. The number of nitrogens with zero attached hydrogens (tertiary/aromatic N) is 2. The van der Waals surface area contributed by atoms with Crippen LogP contribution in [0.15, 0.2) is 18.2 Å². The molecule has 0 spiro atoms. The maximum atomic E-state index is 12.7. The first-order valence-electron chi connectivity index (χ1n) is 7.97. The Labute approximate surface area is 143 Å². The van der Waals surface area contributed by atoms with Gasteiger partial charge in [0.05, 0.1) is 0 Å². The van der Waals surface area contributed by atoms with Crippen LogP contribution in [0.3, 0.4) is 0 Å². The highest BCUT2D eigenvalue weighted by atomic mass is 35.5. The quantitative estimate of drug-likeness (QED) is 0.827. The molecule has 1 heterocycles. The zero-order valence-corrected chi connectivity index (χ0v) is 15.3. The van der Waals surface area contributed by atoms with Gasteiger partial charge in [0.2, 0.25) is 11.8 Å². The number of hydrogen-bond donors (Lipinski definition) is 0. The number of rotatable bonds is 2. The predicted molar refractivity (Wildman–Crippen MR) is 93.8 cm³/mol. The Morgan fingerprint density at radius 1 is 1.30 bits per heavy atom. The highest BCUT2D eigenvalue weighted by Gasteiger charge is 2.36. The number of carbonyl (C=O) groups excluding carboxylic acids is 2. The Hall–Kier alpha value is -1.55. The molecule has 1 aromatic carbocycles. The molecule has 1 aromatic rings. The van der Waals surface area contributed by atoms with Crippen molar-refractivity contribution in [2.75, 3.05) is 18.0 Å². The summed E-state index contributed by atoms with van der Waals surface area (Å²) >= 11 is 5.99. The summed E-state index contributed by atoms with van der Waals surface area (Å²) in [5.41, 5.74) is 1.76. The van der Waals surface area contributed by atoms with Crippen LogP contribution >= 0.6 is 11.6 Å². The fourth-order valence-corrected chi connectivity index (χ4v) is 3.15. The van der Waals surface area contributed by atoms with Gasteiger partial charge < -0.3 is 9.80 Å². The molecule has 2 amide bonds. The van der Waals surface area contributed by atoms with Crippen LogP contribution < -0.4 is 4.90 Å². The molecule has 0 unspecified atom stereocenters. The van der Waals surface area contributed by atoms with Crippen LogP contribution in [-0.2, 0) is 9.59 Å². The van der Waals surface area contributed by atoms with Gasteiger partial charge in [-0.15, -0.1) is 0 Å². The smallest absolute Gasteiger partial charge is 0.249 e. The Kier molecular flexibility index (Phi) is 5.04. The van der Waals surface area contributed by atoms with E-state index >= 15 is 0 Å². The van der Waals surface area contributed by atoms with Gasteiger partial charge in [0.25, 0.3) is 0 Å². The van der Waals surface area contributed by atoms with Crippen molar-refractivity contribution in [3.63, 3.8) is 0 Å². The fraction of sp³-hybridized carbons (Fsp3) is 0.556. The number of carbonyl (C=O) groups is 2. The fourth-order valence-electron chi connectivity index (χ4n) is 2.93. The molecule has 1 atom stereocenters. The van der Waals surface area contributed by atoms with Crippen LogP contribution in [0.2, 0.25) is 5.02 Å². The van der Waals surface area contributed by atoms with E-state index in [-0.39, 0.29) is 17.2 Å². The van der Waals surface area contributed by atoms with Gasteiger partial charge in [-0.1, -0.05) is 32.4 Å². The Morgan fingerprint density at radius 3 is 2.52 bits per heavy atom. The molecule has 5 heteroatoms. The zero-order chi connectivity index (χ0) is 17.4. The van der Waals surface area contributed by atoms with Crippen molar-refractivity contribution in [2.45, 2.75) is 47.1 Å². The van der Waals surface area contributed by atoms with Gasteiger partial charge in [0.1, 0.15) is 6.04 Å². The molecule has 0 saturated carbocycles. The lowest BCUT2D eigenvalue weighted by Gasteiger charge is -2.40. The van der Waals surface area contributed by atoms with Gasteiger partial charge in [-0.2, -0.15) is 0 Å². The van der Waals surface area contributed by atoms with Gasteiger partial charge in [-0.25, -0.2) is 0 Å². The van der Waals surface area contributed by atoms with E-state index in [4.69, 9.17) is 11.6 Å². The summed E-state index contributed by atoms with van der Waals surface area (Å²) in [4.78, 5) is 28.7. The standard InChI is InChI=1S/C18H25ClN2O2/c1-12-10-14(19)6-7-15(12)21-9-8-20(13(2)17(21)23)16(22)11-18(3,4)5/h6-7,10,13H,8-9,11H2,1-5H3/t13-/m1/s1. The third-order valence-electron chi connectivity index (χ3n) is 4.11. The largest absolute Gasteiger partial charge is 0.329 e. The summed E-state index contributed by atoms with van der Waals surface area (Å²) in [6.07, 6.45) is 0.449. The Balaban J connectivity index is 2.17. The first-order chi connectivity index (χ1) is 10.6. The minimum Gasteiger partial charge on any atom is -0.329 e. The molecule has 0 aromatic heterocycles. The van der Waals surface area contributed by atoms with Gasteiger partial charge in [0.15, 0.2) is 0 Å². The van der Waals surface area contributed by atoms with Gasteiger partial charge in [0, 0.05) is 30.2 Å². The number of hydrogen-bond acceptors (Lipinski definition) is 2. The monoisotopic (exact) mass is 336 g/mol. The zero-order valence-electron chi connectivity index (χ0n) is 14.5. The van der Waals surface area contributed by atoms with E-state index in [0.717, 1.165) is 11.3 Å². The van der Waals surface area contributed by atoms with E-state index in [2.05, 4.69) is 0 Å². The predicted octanol–water partition coefficient (Wildman–Crippen LogP) is 3.65. The molecule has 1 aliphatic heterocycles. The van der Waals surface area contributed by atoms with Gasteiger partial charge in [-0.05, 0) is 43.0 Å². The summed E-state index contributed by atoms with van der Waals surface area (Å²) in [5, 5.41) is 0.658. The Morgan fingerprint density at radius 2 is 1.96 bits per heavy atom. The lowest BCUT2D eigenvalue weighted by Crippen LogP contribution is -2.58. The summed E-state index contributed by atoms with van der Waals surface area (Å²) in [6, 6.07) is 5.08. The van der Waals surface area contributed by atoms with Crippen molar-refractivity contribution in [3.05, 3.63) is 28.8 Å². The van der Waals surface area contributed by atoms with E-state index in [0.29, 0.717) is 24.5 Å². The third-order valence-corrected chi connectivity index (χ3v) is 4.34. The molecule has 1 fully saturated rings. The molecule has 0 N–H and O–H groups in total. The number of halogens is 1. The molecule has 4 nitrogen and oxygen atoms in total. The highest BCUT2D eigenvalue weighted by molar-refractivity contribution is 6.30. The molecule has 1 aliphatic rings. The average Bonchev–Trinajstić information content (AvgIpc) is 2.40. The van der Waals surface area contributed by atoms with Crippen LogP contribution in [0.1, 0.15) is 39.7 Å². The second-order valence-electron chi connectivity index (χ2n) is 7.42. The Bertz CT molecular complexity index is 622. The number of amides is 2. The first kappa shape index (κ1) is 17.8. The molecular weight excluding hydrogens is 312 g/mol. The second kappa shape index (κ2) is 6.52. The van der Waals surface area contributed by atoms with Crippen LogP contribution in [0.5, 0.6) is 0 Å². The summed E-state index contributed by atoms with van der Waals surface area (Å²) in [5.74, 6) is 0.00904. The number of benzene rings is 1. The van der Waals surface area contributed by atoms with E-state index < -0.39 is 6.04 Å². The summed E-state index contributed by atoms with van der Waals surface area (Å²) in [6.45, 7) is 10.9. The van der Waals surface area contributed by atoms with Gasteiger partial charge in [-0.3, -0.25) is 9.59 Å². The van der Waals surface area contributed by atoms with Crippen LogP contribution in [0.25, 0.3) is 0 Å². The highest BCUT2D eigenvalue weighted by Crippen LogP contribution is 2.28. The van der Waals surface area contributed by atoms with E-state index in [1.54, 1.807) is 22.8 Å². The van der Waals surface area contributed by atoms with Crippen molar-refractivity contribution < 1.29 is 9.59 Å². The SMILES string of the molecule is Cc1cc(Cl)ccc1N1CCN(C(=O)CC(C)(C)C)[C@H](C)C1=O. The molecule has 0 aliphatic carbocycles. The molecule has 1 saturated heterocycles. The van der Waals surface area contributed by atoms with E-state index in [1.807, 2.05) is 39.8 Å². The van der Waals surface area contributed by atoms with Crippen LogP contribution in [0.4, 0.5) is 5.69 Å². The maximum Gasteiger partial charge on any atom is 0.249 e. The van der Waals surface area contributed by atoms with E-state index in [1.165, 1.54) is 0 Å². The summed E-state index contributed by atoms with van der Waals surface area (Å²) in [7, 11) is 0. The van der Waals surface area contributed by atoms with Crippen molar-refractivity contribution in [2.24, 2.45) is 5.41 Å². The minimum atomic E-state index is -0.436. The van der Waals surface area contributed by atoms with Crippen molar-refractivity contribution in [1.82, 2.24) is 4.90 Å². The van der Waals surface area contributed by atoms with Crippen molar-refractivity contribution in [1.29, 1.82) is 0 Å². The van der Waals surface area contributed by atoms with Crippen molar-refractivity contribution in [3.8, 4) is 0 Å². The van der Waals surface area contributed by atoms with Crippen molar-refractivity contribution >= 4 is 29.1 Å². The average molecular weight is 337 g/mol. The molecule has 23 heavy (non-hydrogen) atoms. The molecule has 0 radical (unpaired) electrons. The van der Waals surface area contributed by atoms with Gasteiger partial charge >= 0.3 is 0 Å². The number of anilines is 1. The third kappa shape index (κ3) is 4.05. The normalized spacial score (nSPS) is 19.2. The lowest BCUT2D eigenvalue weighted by molar-refractivity contribution is -0.142. The molecule has 0 bridgehead atoms. The molecule has 126 valence electrons. The maximum absolute atomic E-state index is 12.7. The molecule has 2 rings (SSSR count). The number of piperazine rings is 1. The van der Waals surface area contributed by atoms with Crippen LogP contribution in [-0.4, -0.2) is 35.8 Å². The van der Waals surface area contributed by atoms with Crippen LogP contribution in [0, 0.1) is 12.3 Å². The summed E-state index contributed by atoms with van der Waals surface area (Å²) < 4.78 is 0. The first-order valence-corrected chi connectivity index (χ1v) is 8.35.